The third-order valence-corrected chi connectivity index (χ3v) is 2.54. The van der Waals surface area contributed by atoms with Crippen LogP contribution in [0.1, 0.15) is 39.0 Å². The van der Waals surface area contributed by atoms with Crippen LogP contribution < -0.4 is 5.32 Å². The van der Waals surface area contributed by atoms with Crippen molar-refractivity contribution >= 4 is 5.69 Å². The van der Waals surface area contributed by atoms with Gasteiger partial charge in [0.15, 0.2) is 0 Å². The van der Waals surface area contributed by atoms with Gasteiger partial charge in [0.2, 0.25) is 0 Å². The van der Waals surface area contributed by atoms with Crippen LogP contribution in [0.2, 0.25) is 0 Å². The highest BCUT2D eigenvalue weighted by atomic mass is 19.4. The van der Waals surface area contributed by atoms with Crippen molar-refractivity contribution < 1.29 is 13.2 Å². The van der Waals surface area contributed by atoms with Crippen LogP contribution in [0.4, 0.5) is 18.9 Å². The topological polar surface area (TPSA) is 29.9 Å². The van der Waals surface area contributed by atoms with Gasteiger partial charge in [-0.15, -0.1) is 0 Å². The second-order valence-corrected chi connectivity index (χ2v) is 3.94. The van der Waals surface area contributed by atoms with Gasteiger partial charge in [-0.25, -0.2) is 4.98 Å². The minimum absolute atomic E-state index is 0.408. The normalized spacial score (nSPS) is 10.0. The molecule has 6 heteroatoms. The van der Waals surface area contributed by atoms with E-state index in [0.29, 0.717) is 11.4 Å². The molecular weight excluding hydrogens is 291 g/mol. The van der Waals surface area contributed by atoms with Crippen molar-refractivity contribution in [3.05, 3.63) is 42.0 Å². The van der Waals surface area contributed by atoms with Crippen LogP contribution in [0.3, 0.4) is 0 Å². The number of rotatable bonds is 2. The van der Waals surface area contributed by atoms with E-state index < -0.39 is 11.7 Å². The summed E-state index contributed by atoms with van der Waals surface area (Å²) in [6.07, 6.45) is -1.20. The summed E-state index contributed by atoms with van der Waals surface area (Å²) in [7, 11) is 1.58. The maximum Gasteiger partial charge on any atom is 0.416 e. The summed E-state index contributed by atoms with van der Waals surface area (Å²) in [4.78, 5) is 4.00. The Labute approximate surface area is 130 Å². The molecule has 22 heavy (non-hydrogen) atoms. The van der Waals surface area contributed by atoms with E-state index >= 15 is 0 Å². The van der Waals surface area contributed by atoms with E-state index in [1.165, 1.54) is 6.33 Å². The quantitative estimate of drug-likeness (QED) is 0.815. The van der Waals surface area contributed by atoms with E-state index in [2.05, 4.69) is 10.3 Å². The molecule has 3 nitrogen and oxygen atoms in total. The predicted octanol–water partition coefficient (Wildman–Crippen LogP) is 5.29. The summed E-state index contributed by atoms with van der Waals surface area (Å²) in [5.41, 5.74) is 0.898. The Hall–Kier alpha value is -1.98. The number of nitrogens with one attached hydrogen (secondary N) is 1. The monoisotopic (exact) mass is 315 g/mol. The van der Waals surface area contributed by atoms with E-state index in [0.717, 1.165) is 17.8 Å². The molecule has 0 bridgehead atoms. The van der Waals surface area contributed by atoms with E-state index in [4.69, 9.17) is 0 Å². The summed E-state index contributed by atoms with van der Waals surface area (Å²) >= 11 is 0. The van der Waals surface area contributed by atoms with Crippen molar-refractivity contribution in [1.82, 2.24) is 9.55 Å². The Kier molecular flexibility index (Phi) is 8.30. The highest BCUT2D eigenvalue weighted by Gasteiger charge is 2.31. The molecule has 2 aromatic rings. The molecule has 0 aliphatic rings. The number of nitrogens with zero attached hydrogens (tertiary/aromatic N) is 2. The lowest BCUT2D eigenvalue weighted by Gasteiger charge is -2.12. The molecule has 0 aliphatic heterocycles. The fraction of sp³-hybridized carbons (Fsp3) is 0.438. The molecule has 1 aromatic heterocycles. The molecule has 0 fully saturated rings. The maximum absolute atomic E-state index is 12.8. The zero-order valence-corrected chi connectivity index (χ0v) is 13.9. The van der Waals surface area contributed by atoms with Gasteiger partial charge in [0.05, 0.1) is 17.6 Å². The van der Waals surface area contributed by atoms with E-state index in [1.807, 2.05) is 27.7 Å². The first-order valence-corrected chi connectivity index (χ1v) is 7.31. The molecule has 124 valence electrons. The number of aromatic nitrogens is 2. The van der Waals surface area contributed by atoms with Crippen molar-refractivity contribution in [1.29, 1.82) is 0 Å². The molecule has 0 radical (unpaired) electrons. The average Bonchev–Trinajstić information content (AvgIpc) is 2.96. The Morgan fingerprint density at radius 1 is 1.05 bits per heavy atom. The maximum atomic E-state index is 12.8. The Balaban J connectivity index is 0.00000102. The third-order valence-electron chi connectivity index (χ3n) is 2.54. The number of alkyl halides is 3. The fourth-order valence-electron chi connectivity index (χ4n) is 1.63. The van der Waals surface area contributed by atoms with Crippen LogP contribution in [0.15, 0.2) is 30.7 Å². The largest absolute Gasteiger partial charge is 0.416 e. The summed E-state index contributed by atoms with van der Waals surface area (Å²) < 4.78 is 39.8. The van der Waals surface area contributed by atoms with Gasteiger partial charge in [-0.05, 0) is 25.1 Å². The lowest BCUT2D eigenvalue weighted by molar-refractivity contribution is -0.137. The number of aryl methyl sites for hydroxylation is 1. The fourth-order valence-corrected chi connectivity index (χ4v) is 1.63. The smallest absolute Gasteiger partial charge is 0.388 e. The molecule has 0 aliphatic carbocycles. The van der Waals surface area contributed by atoms with Crippen molar-refractivity contribution in [3.8, 4) is 5.69 Å². The van der Waals surface area contributed by atoms with Crippen molar-refractivity contribution in [2.45, 2.75) is 40.8 Å². The summed E-state index contributed by atoms with van der Waals surface area (Å²) in [6, 6.07) is 3.81. The Morgan fingerprint density at radius 2 is 1.64 bits per heavy atom. The number of hydrogen-bond acceptors (Lipinski definition) is 2. The lowest BCUT2D eigenvalue weighted by atomic mass is 10.1. The van der Waals surface area contributed by atoms with Crippen LogP contribution in [0.5, 0.6) is 0 Å². The molecule has 0 saturated carbocycles. The Morgan fingerprint density at radius 3 is 2.05 bits per heavy atom. The molecule has 0 unspecified atom stereocenters. The van der Waals surface area contributed by atoms with Gasteiger partial charge in [-0.2, -0.15) is 13.2 Å². The highest BCUT2D eigenvalue weighted by molar-refractivity contribution is 5.54. The zero-order chi connectivity index (χ0) is 17.3. The standard InChI is InChI=1S/C12H12F3N3.2C2H6/c1-8-6-18(7-17-8)11-4-9(12(13,14)15)3-10(5-11)16-2;2*1-2/h3-7,16H,1-2H3;2*1-2H3. The molecule has 0 atom stereocenters. The van der Waals surface area contributed by atoms with Crippen molar-refractivity contribution in [2.75, 3.05) is 12.4 Å². The Bertz CT molecular complexity index is 560. The zero-order valence-electron chi connectivity index (χ0n) is 13.9. The van der Waals surface area contributed by atoms with Gasteiger partial charge in [0.1, 0.15) is 0 Å². The molecule has 2 rings (SSSR count). The molecule has 1 aromatic carbocycles. The minimum atomic E-state index is -4.36. The van der Waals surface area contributed by atoms with Gasteiger partial charge in [-0.1, -0.05) is 27.7 Å². The van der Waals surface area contributed by atoms with Crippen LogP contribution in [-0.2, 0) is 6.18 Å². The number of anilines is 1. The van der Waals surface area contributed by atoms with E-state index in [-0.39, 0.29) is 0 Å². The van der Waals surface area contributed by atoms with Crippen molar-refractivity contribution in [2.24, 2.45) is 0 Å². The molecule has 0 spiro atoms. The molecular formula is C16H24F3N3. The third kappa shape index (κ3) is 5.42. The first-order chi connectivity index (χ1) is 10.4. The van der Waals surface area contributed by atoms with Gasteiger partial charge < -0.3 is 9.88 Å². The predicted molar refractivity (Wildman–Crippen MR) is 85.5 cm³/mol. The van der Waals surface area contributed by atoms with Crippen LogP contribution in [0.25, 0.3) is 5.69 Å². The second kappa shape index (κ2) is 9.12. The number of halogens is 3. The molecule has 1 N–H and O–H groups in total. The first kappa shape index (κ1) is 20.0. The molecule has 1 heterocycles. The average molecular weight is 315 g/mol. The lowest BCUT2D eigenvalue weighted by Crippen LogP contribution is -2.07. The second-order valence-electron chi connectivity index (χ2n) is 3.94. The number of hydrogen-bond donors (Lipinski definition) is 1. The SMILES string of the molecule is CC.CC.CNc1cc(-n2cnc(C)c2)cc(C(F)(F)F)c1. The highest BCUT2D eigenvalue weighted by Crippen LogP contribution is 2.32. The minimum Gasteiger partial charge on any atom is -0.388 e. The first-order valence-electron chi connectivity index (χ1n) is 7.31. The van der Waals surface area contributed by atoms with Crippen LogP contribution in [0, 0.1) is 6.92 Å². The van der Waals surface area contributed by atoms with E-state index in [1.54, 1.807) is 30.8 Å². The van der Waals surface area contributed by atoms with E-state index in [9.17, 15) is 13.2 Å². The summed E-state index contributed by atoms with van der Waals surface area (Å²) in [5.74, 6) is 0. The summed E-state index contributed by atoms with van der Waals surface area (Å²) in [6.45, 7) is 9.78. The number of imidazole rings is 1. The van der Waals surface area contributed by atoms with Gasteiger partial charge >= 0.3 is 6.18 Å². The number of benzene rings is 1. The van der Waals surface area contributed by atoms with Crippen LogP contribution >= 0.6 is 0 Å². The van der Waals surface area contributed by atoms with Gasteiger partial charge in [0, 0.05) is 24.6 Å². The van der Waals surface area contributed by atoms with Gasteiger partial charge in [0.25, 0.3) is 0 Å². The van der Waals surface area contributed by atoms with Gasteiger partial charge in [-0.3, -0.25) is 0 Å². The van der Waals surface area contributed by atoms with Crippen LogP contribution in [-0.4, -0.2) is 16.6 Å². The summed E-state index contributed by atoms with van der Waals surface area (Å²) in [5, 5.41) is 2.72. The molecule has 0 saturated heterocycles. The molecule has 0 amide bonds. The van der Waals surface area contributed by atoms with Crippen molar-refractivity contribution in [3.63, 3.8) is 0 Å².